The van der Waals surface area contributed by atoms with Crippen molar-refractivity contribution in [2.75, 3.05) is 24.9 Å². The number of piperidine rings is 1. The summed E-state index contributed by atoms with van der Waals surface area (Å²) < 4.78 is 33.2. The first-order valence-corrected chi connectivity index (χ1v) is 10.0. The molecule has 26 heavy (non-hydrogen) atoms. The van der Waals surface area contributed by atoms with Crippen LogP contribution in [0.15, 0.2) is 53.4 Å². The van der Waals surface area contributed by atoms with Crippen LogP contribution in [0, 0.1) is 0 Å². The molecule has 0 saturated carbocycles. The summed E-state index contributed by atoms with van der Waals surface area (Å²) in [6.45, 7) is 1.44. The molecule has 0 atom stereocenters. The molecule has 0 aromatic heterocycles. The molecule has 6 nitrogen and oxygen atoms in total. The lowest BCUT2D eigenvalue weighted by atomic mass is 10.1. The van der Waals surface area contributed by atoms with Gasteiger partial charge in [-0.3, -0.25) is 9.52 Å². The van der Waals surface area contributed by atoms with Gasteiger partial charge in [0, 0.05) is 18.7 Å². The minimum atomic E-state index is -3.83. The van der Waals surface area contributed by atoms with E-state index in [1.807, 2.05) is 0 Å². The van der Waals surface area contributed by atoms with E-state index in [1.54, 1.807) is 41.3 Å². The van der Waals surface area contributed by atoms with E-state index in [4.69, 9.17) is 4.74 Å². The minimum absolute atomic E-state index is 0.0475. The lowest BCUT2D eigenvalue weighted by molar-refractivity contribution is 0.0724. The van der Waals surface area contributed by atoms with Crippen LogP contribution in [-0.4, -0.2) is 39.4 Å². The fraction of sp³-hybridized carbons (Fsp3) is 0.316. The highest BCUT2D eigenvalue weighted by molar-refractivity contribution is 7.92. The average molecular weight is 374 g/mol. The van der Waals surface area contributed by atoms with E-state index in [2.05, 4.69) is 4.72 Å². The van der Waals surface area contributed by atoms with Crippen molar-refractivity contribution in [1.29, 1.82) is 0 Å². The normalized spacial score (nSPS) is 14.7. The van der Waals surface area contributed by atoms with Crippen LogP contribution >= 0.6 is 0 Å². The summed E-state index contributed by atoms with van der Waals surface area (Å²) >= 11 is 0. The van der Waals surface area contributed by atoms with Gasteiger partial charge in [-0.2, -0.15) is 0 Å². The van der Waals surface area contributed by atoms with Crippen molar-refractivity contribution in [2.24, 2.45) is 0 Å². The SMILES string of the molecule is COc1ccccc1NS(=O)(=O)c1cccc(C(=O)N2CCCCC2)c1. The molecule has 1 aliphatic rings. The molecule has 1 N–H and O–H groups in total. The Hall–Kier alpha value is -2.54. The van der Waals surface area contributed by atoms with Crippen LogP contribution in [0.25, 0.3) is 0 Å². The summed E-state index contributed by atoms with van der Waals surface area (Å²) in [6.07, 6.45) is 3.10. The molecule has 2 aromatic carbocycles. The predicted octanol–water partition coefficient (Wildman–Crippen LogP) is 3.12. The number of sulfonamides is 1. The minimum Gasteiger partial charge on any atom is -0.495 e. The van der Waals surface area contributed by atoms with E-state index < -0.39 is 10.0 Å². The molecule has 1 saturated heterocycles. The number of hydrogen-bond donors (Lipinski definition) is 1. The van der Waals surface area contributed by atoms with Gasteiger partial charge in [-0.05, 0) is 49.6 Å². The maximum atomic E-state index is 12.7. The molecule has 3 rings (SSSR count). The Labute approximate surface area is 153 Å². The molecule has 0 radical (unpaired) electrons. The number of likely N-dealkylation sites (tertiary alicyclic amines) is 1. The lowest BCUT2D eigenvalue weighted by Crippen LogP contribution is -2.35. The number of hydrogen-bond acceptors (Lipinski definition) is 4. The fourth-order valence-electron chi connectivity index (χ4n) is 3.01. The zero-order valence-corrected chi connectivity index (χ0v) is 15.5. The van der Waals surface area contributed by atoms with Gasteiger partial charge in [-0.15, -0.1) is 0 Å². The highest BCUT2D eigenvalue weighted by Crippen LogP contribution is 2.26. The number of methoxy groups -OCH3 is 1. The molecule has 0 unspecified atom stereocenters. The van der Waals surface area contributed by atoms with Gasteiger partial charge in [0.25, 0.3) is 15.9 Å². The van der Waals surface area contributed by atoms with Crippen LogP contribution in [0.2, 0.25) is 0 Å². The van der Waals surface area contributed by atoms with Crippen LogP contribution in [0.4, 0.5) is 5.69 Å². The van der Waals surface area contributed by atoms with Crippen molar-refractivity contribution >= 4 is 21.6 Å². The summed E-state index contributed by atoms with van der Waals surface area (Å²) in [4.78, 5) is 14.5. The number of benzene rings is 2. The van der Waals surface area contributed by atoms with E-state index in [1.165, 1.54) is 19.2 Å². The topological polar surface area (TPSA) is 75.7 Å². The lowest BCUT2D eigenvalue weighted by Gasteiger charge is -2.26. The number of para-hydroxylation sites is 2. The Bertz CT molecular complexity index is 890. The number of rotatable bonds is 5. The van der Waals surface area contributed by atoms with Crippen LogP contribution in [0.1, 0.15) is 29.6 Å². The molecule has 0 aliphatic carbocycles. The Morgan fingerprint density at radius 3 is 2.50 bits per heavy atom. The van der Waals surface area contributed by atoms with E-state index in [-0.39, 0.29) is 10.8 Å². The number of amides is 1. The molecule has 2 aromatic rings. The van der Waals surface area contributed by atoms with E-state index in [0.717, 1.165) is 32.4 Å². The third-order valence-electron chi connectivity index (χ3n) is 4.39. The molecule has 0 spiro atoms. The second-order valence-corrected chi connectivity index (χ2v) is 7.87. The fourth-order valence-corrected chi connectivity index (χ4v) is 4.12. The Morgan fingerprint density at radius 1 is 1.04 bits per heavy atom. The van der Waals surface area contributed by atoms with Crippen molar-refractivity contribution in [3.8, 4) is 5.75 Å². The number of ether oxygens (including phenoxy) is 1. The predicted molar refractivity (Wildman–Crippen MR) is 100.0 cm³/mol. The third kappa shape index (κ3) is 3.99. The van der Waals surface area contributed by atoms with Gasteiger partial charge in [0.05, 0.1) is 17.7 Å². The third-order valence-corrected chi connectivity index (χ3v) is 5.75. The summed E-state index contributed by atoms with van der Waals surface area (Å²) in [5, 5.41) is 0. The Kier molecular flexibility index (Phi) is 5.46. The van der Waals surface area contributed by atoms with E-state index >= 15 is 0 Å². The average Bonchev–Trinajstić information content (AvgIpc) is 2.68. The van der Waals surface area contributed by atoms with Crippen molar-refractivity contribution in [3.63, 3.8) is 0 Å². The van der Waals surface area contributed by atoms with Gasteiger partial charge >= 0.3 is 0 Å². The van der Waals surface area contributed by atoms with Gasteiger partial charge in [-0.25, -0.2) is 8.42 Å². The smallest absolute Gasteiger partial charge is 0.262 e. The number of carbonyl (C=O) groups is 1. The quantitative estimate of drug-likeness (QED) is 0.872. The van der Waals surface area contributed by atoms with Crippen LogP contribution in [0.3, 0.4) is 0 Å². The maximum Gasteiger partial charge on any atom is 0.262 e. The molecule has 7 heteroatoms. The van der Waals surface area contributed by atoms with Gasteiger partial charge in [-0.1, -0.05) is 18.2 Å². The Balaban J connectivity index is 1.85. The van der Waals surface area contributed by atoms with Gasteiger partial charge in [0.1, 0.15) is 5.75 Å². The van der Waals surface area contributed by atoms with Gasteiger partial charge in [0.15, 0.2) is 0 Å². The van der Waals surface area contributed by atoms with Gasteiger partial charge in [0.2, 0.25) is 0 Å². The standard InChI is InChI=1S/C19H22N2O4S/c1-25-18-11-4-3-10-17(18)20-26(23,24)16-9-7-8-15(14-16)19(22)21-12-5-2-6-13-21/h3-4,7-11,14,20H,2,5-6,12-13H2,1H3. The monoisotopic (exact) mass is 374 g/mol. The van der Waals surface area contributed by atoms with Crippen LogP contribution < -0.4 is 9.46 Å². The highest BCUT2D eigenvalue weighted by Gasteiger charge is 2.21. The van der Waals surface area contributed by atoms with Crippen molar-refractivity contribution in [3.05, 3.63) is 54.1 Å². The number of nitrogens with one attached hydrogen (secondary N) is 1. The Morgan fingerprint density at radius 2 is 1.77 bits per heavy atom. The summed E-state index contributed by atoms with van der Waals surface area (Å²) in [6, 6.07) is 12.9. The largest absolute Gasteiger partial charge is 0.495 e. The molecule has 1 fully saturated rings. The van der Waals surface area contributed by atoms with Crippen molar-refractivity contribution < 1.29 is 17.9 Å². The van der Waals surface area contributed by atoms with Crippen molar-refractivity contribution in [2.45, 2.75) is 24.2 Å². The summed E-state index contributed by atoms with van der Waals surface area (Å²) in [5.41, 5.74) is 0.734. The first kappa shape index (κ1) is 18.3. The number of anilines is 1. The zero-order valence-electron chi connectivity index (χ0n) is 14.6. The molecular weight excluding hydrogens is 352 g/mol. The number of nitrogens with zero attached hydrogens (tertiary/aromatic N) is 1. The van der Waals surface area contributed by atoms with Gasteiger partial charge < -0.3 is 9.64 Å². The molecular formula is C19H22N2O4S. The molecule has 0 bridgehead atoms. The van der Waals surface area contributed by atoms with Crippen LogP contribution in [-0.2, 0) is 10.0 Å². The number of carbonyl (C=O) groups excluding carboxylic acids is 1. The first-order valence-electron chi connectivity index (χ1n) is 8.56. The maximum absolute atomic E-state index is 12.7. The highest BCUT2D eigenvalue weighted by atomic mass is 32.2. The van der Waals surface area contributed by atoms with E-state index in [0.29, 0.717) is 17.0 Å². The summed E-state index contributed by atoms with van der Waals surface area (Å²) in [5.74, 6) is 0.302. The summed E-state index contributed by atoms with van der Waals surface area (Å²) in [7, 11) is -2.36. The second kappa shape index (κ2) is 7.78. The molecule has 1 aliphatic heterocycles. The molecule has 138 valence electrons. The molecule has 1 heterocycles. The van der Waals surface area contributed by atoms with Crippen LogP contribution in [0.5, 0.6) is 5.75 Å². The van der Waals surface area contributed by atoms with Crippen molar-refractivity contribution in [1.82, 2.24) is 4.90 Å². The molecule has 1 amide bonds. The first-order chi connectivity index (χ1) is 12.5. The zero-order chi connectivity index (χ0) is 18.6. The van der Waals surface area contributed by atoms with E-state index in [9.17, 15) is 13.2 Å². The second-order valence-electron chi connectivity index (χ2n) is 6.19.